The van der Waals surface area contributed by atoms with Gasteiger partial charge in [0.2, 0.25) is 5.91 Å². The van der Waals surface area contributed by atoms with Crippen LogP contribution in [0.4, 0.5) is 4.39 Å². The van der Waals surface area contributed by atoms with Crippen LogP contribution in [0.3, 0.4) is 0 Å². The lowest BCUT2D eigenvalue weighted by molar-refractivity contribution is -0.136. The van der Waals surface area contributed by atoms with Crippen LogP contribution in [0.15, 0.2) is 0 Å². The van der Waals surface area contributed by atoms with Crippen molar-refractivity contribution in [1.82, 2.24) is 5.32 Å². The van der Waals surface area contributed by atoms with E-state index in [9.17, 15) is 14.0 Å². The smallest absolute Gasteiger partial charge is 0.304 e. The van der Waals surface area contributed by atoms with Gasteiger partial charge < -0.3 is 15.2 Å². The number of aliphatic carboxylic acids is 1. The molecule has 8 heteroatoms. The molecule has 0 aliphatic heterocycles. The van der Waals surface area contributed by atoms with Crippen molar-refractivity contribution in [3.63, 3.8) is 0 Å². The van der Waals surface area contributed by atoms with E-state index in [0.29, 0.717) is 24.5 Å². The minimum absolute atomic E-state index is 0.0448. The maximum atomic E-state index is 11.7. The second-order valence-electron chi connectivity index (χ2n) is 3.23. The maximum Gasteiger partial charge on any atom is 0.304 e. The van der Waals surface area contributed by atoms with Gasteiger partial charge in [0.15, 0.2) is 0 Å². The van der Waals surface area contributed by atoms with E-state index >= 15 is 0 Å². The van der Waals surface area contributed by atoms with Gasteiger partial charge in [-0.25, -0.2) is 0 Å². The van der Waals surface area contributed by atoms with Crippen molar-refractivity contribution >= 4 is 33.5 Å². The normalized spacial score (nSPS) is 10.3. The molecule has 0 fully saturated rings. The zero-order chi connectivity index (χ0) is 13.6. The molecule has 0 rings (SSSR count). The summed E-state index contributed by atoms with van der Waals surface area (Å²) < 4.78 is 16.6. The first-order chi connectivity index (χ1) is 8.66. The molecule has 0 bridgehead atoms. The fourth-order valence-electron chi connectivity index (χ4n) is 0.851. The molecular formula is C10H18FNO4S2. The highest BCUT2D eigenvalue weighted by Gasteiger charge is 2.01. The van der Waals surface area contributed by atoms with E-state index in [1.54, 1.807) is 0 Å². The molecule has 0 saturated carbocycles. The van der Waals surface area contributed by atoms with Crippen LogP contribution >= 0.6 is 21.6 Å². The van der Waals surface area contributed by atoms with E-state index in [1.807, 2.05) is 0 Å². The first-order valence-electron chi connectivity index (χ1n) is 5.53. The standard InChI is InChI=1S/C10H18FNO4S2/c11-3-1-5-16-8-9(13)12-4-7-18-17-6-2-10(14)15/h1-8H2,(H,12,13)(H,14,15). The van der Waals surface area contributed by atoms with E-state index in [1.165, 1.54) is 21.6 Å². The largest absolute Gasteiger partial charge is 0.481 e. The molecule has 0 aromatic heterocycles. The summed E-state index contributed by atoms with van der Waals surface area (Å²) in [5.74, 6) is 0.243. The molecule has 106 valence electrons. The maximum absolute atomic E-state index is 11.7. The third-order valence-electron chi connectivity index (χ3n) is 1.65. The Morgan fingerprint density at radius 1 is 1.28 bits per heavy atom. The van der Waals surface area contributed by atoms with Crippen LogP contribution in [0.5, 0.6) is 0 Å². The fraction of sp³-hybridized carbons (Fsp3) is 0.800. The molecule has 5 nitrogen and oxygen atoms in total. The second-order valence-corrected chi connectivity index (χ2v) is 5.93. The van der Waals surface area contributed by atoms with E-state index < -0.39 is 12.6 Å². The number of halogens is 1. The zero-order valence-corrected chi connectivity index (χ0v) is 11.7. The van der Waals surface area contributed by atoms with Gasteiger partial charge >= 0.3 is 5.97 Å². The highest BCUT2D eigenvalue weighted by atomic mass is 33.1. The molecule has 0 radical (unpaired) electrons. The SMILES string of the molecule is O=C(O)CCSSCCNC(=O)COCCCF. The molecule has 0 unspecified atom stereocenters. The number of carbonyl (C=O) groups is 2. The Bertz CT molecular complexity index is 244. The van der Waals surface area contributed by atoms with Gasteiger partial charge in [-0.1, -0.05) is 21.6 Å². The third-order valence-corrected chi connectivity index (χ3v) is 4.05. The third kappa shape index (κ3) is 13.6. The first kappa shape index (κ1) is 17.5. The molecular weight excluding hydrogens is 281 g/mol. The van der Waals surface area contributed by atoms with Crippen molar-refractivity contribution in [2.45, 2.75) is 12.8 Å². The summed E-state index contributed by atoms with van der Waals surface area (Å²) in [5.41, 5.74) is 0. The van der Waals surface area contributed by atoms with E-state index in [2.05, 4.69) is 5.32 Å². The number of rotatable bonds is 12. The van der Waals surface area contributed by atoms with Gasteiger partial charge in [-0.3, -0.25) is 14.0 Å². The minimum Gasteiger partial charge on any atom is -0.481 e. The van der Waals surface area contributed by atoms with Gasteiger partial charge in [0.25, 0.3) is 0 Å². The fourth-order valence-corrected chi connectivity index (χ4v) is 2.74. The Kier molecular flexibility index (Phi) is 12.6. The summed E-state index contributed by atoms with van der Waals surface area (Å²) in [5, 5.41) is 11.0. The van der Waals surface area contributed by atoms with Crippen molar-refractivity contribution in [3.8, 4) is 0 Å². The van der Waals surface area contributed by atoms with Crippen molar-refractivity contribution in [1.29, 1.82) is 0 Å². The first-order valence-corrected chi connectivity index (χ1v) is 8.02. The number of carboxylic acids is 1. The number of carboxylic acid groups (broad SMARTS) is 1. The van der Waals surface area contributed by atoms with Gasteiger partial charge in [-0.05, 0) is 6.42 Å². The molecule has 0 saturated heterocycles. The van der Waals surface area contributed by atoms with Gasteiger partial charge in [0.1, 0.15) is 6.61 Å². The monoisotopic (exact) mass is 299 g/mol. The lowest BCUT2D eigenvalue weighted by atomic mass is 10.5. The average molecular weight is 299 g/mol. The van der Waals surface area contributed by atoms with Gasteiger partial charge in [-0.2, -0.15) is 0 Å². The van der Waals surface area contributed by atoms with Crippen molar-refractivity contribution in [2.75, 3.05) is 37.9 Å². The molecule has 0 aliphatic carbocycles. The van der Waals surface area contributed by atoms with Crippen molar-refractivity contribution in [2.24, 2.45) is 0 Å². The summed E-state index contributed by atoms with van der Waals surface area (Å²) >= 11 is 0. The minimum atomic E-state index is -0.804. The van der Waals surface area contributed by atoms with Gasteiger partial charge in [-0.15, -0.1) is 0 Å². The van der Waals surface area contributed by atoms with Crippen LogP contribution in [0, 0.1) is 0 Å². The number of carbonyl (C=O) groups excluding carboxylic acids is 1. The quantitative estimate of drug-likeness (QED) is 0.418. The number of ether oxygens (including phenoxy) is 1. The molecule has 0 atom stereocenters. The summed E-state index contributed by atoms with van der Waals surface area (Å²) in [6.45, 7) is 0.280. The predicted octanol–water partition coefficient (Wildman–Crippen LogP) is 1.33. The summed E-state index contributed by atoms with van der Waals surface area (Å²) in [6.07, 6.45) is 0.454. The summed E-state index contributed by atoms with van der Waals surface area (Å²) in [7, 11) is 2.99. The lowest BCUT2D eigenvalue weighted by Gasteiger charge is -2.05. The Hall–Kier alpha value is -0.470. The summed E-state index contributed by atoms with van der Waals surface area (Å²) in [6, 6.07) is 0. The highest BCUT2D eigenvalue weighted by molar-refractivity contribution is 8.76. The van der Waals surface area contributed by atoms with Crippen LogP contribution in [0.1, 0.15) is 12.8 Å². The number of hydrogen-bond donors (Lipinski definition) is 2. The molecule has 0 aromatic carbocycles. The van der Waals surface area contributed by atoms with E-state index in [4.69, 9.17) is 9.84 Å². The molecule has 0 heterocycles. The van der Waals surface area contributed by atoms with E-state index in [-0.39, 0.29) is 25.5 Å². The Balaban J connectivity index is 3.17. The van der Waals surface area contributed by atoms with Crippen molar-refractivity contribution < 1.29 is 23.8 Å². The number of hydrogen-bond acceptors (Lipinski definition) is 5. The molecule has 0 aromatic rings. The highest BCUT2D eigenvalue weighted by Crippen LogP contribution is 2.20. The second kappa shape index (κ2) is 13.0. The molecule has 0 aliphatic rings. The van der Waals surface area contributed by atoms with Crippen LogP contribution in [-0.2, 0) is 14.3 Å². The Morgan fingerprint density at radius 2 is 2.00 bits per heavy atom. The molecule has 0 spiro atoms. The number of alkyl halides is 1. The topological polar surface area (TPSA) is 75.6 Å². The van der Waals surface area contributed by atoms with Crippen LogP contribution < -0.4 is 5.32 Å². The Morgan fingerprint density at radius 3 is 2.67 bits per heavy atom. The van der Waals surface area contributed by atoms with Crippen LogP contribution in [-0.4, -0.2) is 54.9 Å². The van der Waals surface area contributed by atoms with Gasteiger partial charge in [0, 0.05) is 24.7 Å². The van der Waals surface area contributed by atoms with Gasteiger partial charge in [0.05, 0.1) is 13.1 Å². The predicted molar refractivity (Wildman–Crippen MR) is 71.6 cm³/mol. The van der Waals surface area contributed by atoms with Crippen LogP contribution in [0.2, 0.25) is 0 Å². The van der Waals surface area contributed by atoms with Crippen molar-refractivity contribution in [3.05, 3.63) is 0 Å². The zero-order valence-electron chi connectivity index (χ0n) is 10.0. The molecule has 18 heavy (non-hydrogen) atoms. The number of amides is 1. The summed E-state index contributed by atoms with van der Waals surface area (Å²) in [4.78, 5) is 21.4. The van der Waals surface area contributed by atoms with E-state index in [0.717, 1.165) is 0 Å². The average Bonchev–Trinajstić information content (AvgIpc) is 2.33. The molecule has 1 amide bonds. The van der Waals surface area contributed by atoms with Crippen LogP contribution in [0.25, 0.3) is 0 Å². The Labute approximate surface area is 114 Å². The lowest BCUT2D eigenvalue weighted by Crippen LogP contribution is -2.29. The molecule has 2 N–H and O–H groups in total. The number of nitrogens with one attached hydrogen (secondary N) is 1.